The van der Waals surface area contributed by atoms with Crippen molar-refractivity contribution in [2.75, 3.05) is 38.2 Å². The van der Waals surface area contributed by atoms with Gasteiger partial charge in [-0.15, -0.1) is 5.10 Å². The Bertz CT molecular complexity index is 1380. The molecule has 0 bridgehead atoms. The molecule has 0 saturated carbocycles. The number of benzene rings is 2. The lowest BCUT2D eigenvalue weighted by atomic mass is 10.3. The fourth-order valence-corrected chi connectivity index (χ4v) is 5.31. The lowest BCUT2D eigenvalue weighted by Gasteiger charge is -2.34. The van der Waals surface area contributed by atoms with Gasteiger partial charge in [0, 0.05) is 31.2 Å². The van der Waals surface area contributed by atoms with Crippen LogP contribution >= 0.6 is 11.6 Å². The van der Waals surface area contributed by atoms with Crippen LogP contribution in [0.4, 0.5) is 5.82 Å². The molecule has 3 heterocycles. The number of rotatable bonds is 5. The summed E-state index contributed by atoms with van der Waals surface area (Å²) >= 11 is 5.89. The van der Waals surface area contributed by atoms with Gasteiger partial charge in [0.1, 0.15) is 12.1 Å². The molecule has 0 N–H and O–H groups in total. The van der Waals surface area contributed by atoms with Gasteiger partial charge in [0.15, 0.2) is 17.0 Å². The van der Waals surface area contributed by atoms with Gasteiger partial charge in [0.05, 0.1) is 17.7 Å². The molecule has 5 rings (SSSR count). The SMILES string of the molecule is COc1ccc(-n2nnc3c(N4CCN(S(=O)(=O)c5ccc(Cl)cc5)CC4)ncnc32)cc1. The predicted molar refractivity (Wildman–Crippen MR) is 123 cm³/mol. The van der Waals surface area contributed by atoms with Crippen molar-refractivity contribution in [1.29, 1.82) is 0 Å². The topological polar surface area (TPSA) is 106 Å². The Morgan fingerprint density at radius 1 is 0.939 bits per heavy atom. The number of hydrogen-bond acceptors (Lipinski definition) is 8. The summed E-state index contributed by atoms with van der Waals surface area (Å²) in [6, 6.07) is 13.6. The molecule has 0 aliphatic carbocycles. The third kappa shape index (κ3) is 3.99. The Morgan fingerprint density at radius 3 is 2.30 bits per heavy atom. The smallest absolute Gasteiger partial charge is 0.243 e. The minimum atomic E-state index is -3.59. The van der Waals surface area contributed by atoms with Crippen molar-refractivity contribution in [1.82, 2.24) is 29.3 Å². The molecule has 0 unspecified atom stereocenters. The molecule has 4 aromatic rings. The molecule has 0 amide bonds. The highest BCUT2D eigenvalue weighted by molar-refractivity contribution is 7.89. The standard InChI is InChI=1S/C21H20ClN7O3S/c1-32-17-6-4-16(5-7-17)29-21-19(25-26-29)20(23-14-24-21)27-10-12-28(13-11-27)33(30,31)18-8-2-15(22)3-9-18/h2-9,14H,10-13H2,1H3. The summed E-state index contributed by atoms with van der Waals surface area (Å²) < 4.78 is 34.2. The third-order valence-electron chi connectivity index (χ3n) is 5.53. The number of piperazine rings is 1. The largest absolute Gasteiger partial charge is 0.497 e. The van der Waals surface area contributed by atoms with E-state index in [0.29, 0.717) is 48.2 Å². The van der Waals surface area contributed by atoms with Gasteiger partial charge in [-0.2, -0.15) is 8.99 Å². The van der Waals surface area contributed by atoms with Crippen LogP contribution in [0.5, 0.6) is 5.75 Å². The molecule has 2 aromatic heterocycles. The van der Waals surface area contributed by atoms with Gasteiger partial charge in [-0.05, 0) is 48.5 Å². The van der Waals surface area contributed by atoms with E-state index >= 15 is 0 Å². The second-order valence-electron chi connectivity index (χ2n) is 7.41. The molecular formula is C21H20ClN7O3S. The van der Waals surface area contributed by atoms with E-state index in [1.165, 1.54) is 22.8 Å². The zero-order valence-corrected chi connectivity index (χ0v) is 19.2. The number of anilines is 1. The highest BCUT2D eigenvalue weighted by Crippen LogP contribution is 2.26. The summed E-state index contributed by atoms with van der Waals surface area (Å²) in [6.07, 6.45) is 1.47. The molecular weight excluding hydrogens is 466 g/mol. The van der Waals surface area contributed by atoms with Gasteiger partial charge in [-0.1, -0.05) is 16.8 Å². The van der Waals surface area contributed by atoms with Crippen LogP contribution in [-0.4, -0.2) is 71.0 Å². The maximum atomic E-state index is 13.0. The first-order valence-corrected chi connectivity index (χ1v) is 12.0. The molecule has 1 saturated heterocycles. The van der Waals surface area contributed by atoms with E-state index < -0.39 is 10.0 Å². The van der Waals surface area contributed by atoms with E-state index in [4.69, 9.17) is 16.3 Å². The van der Waals surface area contributed by atoms with Crippen molar-refractivity contribution in [3.8, 4) is 11.4 Å². The van der Waals surface area contributed by atoms with Crippen molar-refractivity contribution in [3.05, 3.63) is 59.9 Å². The van der Waals surface area contributed by atoms with Crippen LogP contribution in [0.25, 0.3) is 16.9 Å². The molecule has 1 aliphatic rings. The second-order valence-corrected chi connectivity index (χ2v) is 9.79. The lowest BCUT2D eigenvalue weighted by molar-refractivity contribution is 0.384. The molecule has 0 spiro atoms. The molecule has 2 aromatic carbocycles. The highest BCUT2D eigenvalue weighted by Gasteiger charge is 2.30. The zero-order valence-electron chi connectivity index (χ0n) is 17.7. The number of methoxy groups -OCH3 is 1. The fourth-order valence-electron chi connectivity index (χ4n) is 3.76. The van der Waals surface area contributed by atoms with Crippen molar-refractivity contribution in [2.45, 2.75) is 4.90 Å². The molecule has 33 heavy (non-hydrogen) atoms. The quantitative estimate of drug-likeness (QED) is 0.424. The van der Waals surface area contributed by atoms with E-state index in [9.17, 15) is 8.42 Å². The number of ether oxygens (including phenoxy) is 1. The van der Waals surface area contributed by atoms with Crippen LogP contribution in [0.1, 0.15) is 0 Å². The minimum absolute atomic E-state index is 0.229. The minimum Gasteiger partial charge on any atom is -0.497 e. The van der Waals surface area contributed by atoms with Crippen molar-refractivity contribution in [3.63, 3.8) is 0 Å². The molecule has 0 radical (unpaired) electrons. The van der Waals surface area contributed by atoms with E-state index in [2.05, 4.69) is 20.3 Å². The summed E-state index contributed by atoms with van der Waals surface area (Å²) in [7, 11) is -1.98. The Labute approximate surface area is 195 Å². The van der Waals surface area contributed by atoms with Crippen LogP contribution in [0.3, 0.4) is 0 Å². The maximum absolute atomic E-state index is 13.0. The van der Waals surface area contributed by atoms with Gasteiger partial charge >= 0.3 is 0 Å². The third-order valence-corrected chi connectivity index (χ3v) is 7.69. The Morgan fingerprint density at radius 2 is 1.64 bits per heavy atom. The monoisotopic (exact) mass is 485 g/mol. The number of aromatic nitrogens is 5. The fraction of sp³-hybridized carbons (Fsp3) is 0.238. The number of fused-ring (bicyclic) bond motifs is 1. The maximum Gasteiger partial charge on any atom is 0.243 e. The van der Waals surface area contributed by atoms with Crippen LogP contribution in [0, 0.1) is 0 Å². The Kier molecular flexibility index (Phi) is 5.60. The summed E-state index contributed by atoms with van der Waals surface area (Å²) in [5.74, 6) is 1.37. The first kappa shape index (κ1) is 21.6. The number of sulfonamides is 1. The van der Waals surface area contributed by atoms with E-state index in [1.54, 1.807) is 23.9 Å². The van der Waals surface area contributed by atoms with E-state index in [0.717, 1.165) is 11.4 Å². The number of halogens is 1. The van der Waals surface area contributed by atoms with Gasteiger partial charge < -0.3 is 9.64 Å². The molecule has 0 atom stereocenters. The molecule has 10 nitrogen and oxygen atoms in total. The van der Waals surface area contributed by atoms with Gasteiger partial charge in [0.2, 0.25) is 10.0 Å². The summed E-state index contributed by atoms with van der Waals surface area (Å²) in [4.78, 5) is 11.0. The van der Waals surface area contributed by atoms with Crippen LogP contribution in [-0.2, 0) is 10.0 Å². The molecule has 1 fully saturated rings. The van der Waals surface area contributed by atoms with Crippen molar-refractivity contribution in [2.24, 2.45) is 0 Å². The van der Waals surface area contributed by atoms with Gasteiger partial charge in [0.25, 0.3) is 0 Å². The van der Waals surface area contributed by atoms with Crippen LogP contribution in [0.2, 0.25) is 5.02 Å². The van der Waals surface area contributed by atoms with Crippen molar-refractivity contribution < 1.29 is 13.2 Å². The lowest BCUT2D eigenvalue weighted by Crippen LogP contribution is -2.49. The Balaban J connectivity index is 1.37. The summed E-state index contributed by atoms with van der Waals surface area (Å²) in [5, 5.41) is 9.06. The first-order valence-electron chi connectivity index (χ1n) is 10.2. The van der Waals surface area contributed by atoms with E-state index in [-0.39, 0.29) is 4.90 Å². The summed E-state index contributed by atoms with van der Waals surface area (Å²) in [6.45, 7) is 1.58. The average Bonchev–Trinajstić information content (AvgIpc) is 3.29. The Hall–Kier alpha value is -3.28. The molecule has 12 heteroatoms. The first-order chi connectivity index (χ1) is 16.0. The predicted octanol–water partition coefficient (Wildman–Crippen LogP) is 2.38. The van der Waals surface area contributed by atoms with Crippen LogP contribution < -0.4 is 9.64 Å². The summed E-state index contributed by atoms with van der Waals surface area (Å²) in [5.41, 5.74) is 1.92. The van der Waals surface area contributed by atoms with Crippen LogP contribution in [0.15, 0.2) is 59.8 Å². The molecule has 1 aliphatic heterocycles. The van der Waals surface area contributed by atoms with Gasteiger partial charge in [-0.3, -0.25) is 0 Å². The highest BCUT2D eigenvalue weighted by atomic mass is 35.5. The van der Waals surface area contributed by atoms with E-state index in [1.807, 2.05) is 29.2 Å². The average molecular weight is 486 g/mol. The molecule has 170 valence electrons. The number of nitrogens with zero attached hydrogens (tertiary/aromatic N) is 7. The normalized spacial score (nSPS) is 15.2. The zero-order chi connectivity index (χ0) is 23.0. The van der Waals surface area contributed by atoms with Gasteiger partial charge in [-0.25, -0.2) is 18.4 Å². The number of hydrogen-bond donors (Lipinski definition) is 0. The second kappa shape index (κ2) is 8.58. The van der Waals surface area contributed by atoms with Crippen molar-refractivity contribution >= 4 is 38.6 Å².